The molecule has 22 heavy (non-hydrogen) atoms. The zero-order chi connectivity index (χ0) is 15.7. The van der Waals surface area contributed by atoms with Gasteiger partial charge in [-0.25, -0.2) is 4.98 Å². The SMILES string of the molecule is NC(O)c1cc2ccccc2nc1N1CCC(N)C(CO)C1. The molecule has 2 heterocycles. The maximum atomic E-state index is 9.91. The molecule has 0 spiro atoms. The quantitative estimate of drug-likeness (QED) is 0.609. The first-order chi connectivity index (χ1) is 10.6. The maximum absolute atomic E-state index is 9.91. The van der Waals surface area contributed by atoms with Gasteiger partial charge in [-0.3, -0.25) is 0 Å². The van der Waals surface area contributed by atoms with Gasteiger partial charge in [-0.15, -0.1) is 0 Å². The van der Waals surface area contributed by atoms with Crippen molar-refractivity contribution in [1.82, 2.24) is 4.98 Å². The average molecular weight is 302 g/mol. The lowest BCUT2D eigenvalue weighted by molar-refractivity contribution is 0.182. The van der Waals surface area contributed by atoms with Crippen molar-refractivity contribution in [2.75, 3.05) is 24.6 Å². The second-order valence-electron chi connectivity index (χ2n) is 5.88. The molecule has 1 saturated heterocycles. The van der Waals surface area contributed by atoms with Crippen molar-refractivity contribution in [3.63, 3.8) is 0 Å². The number of nitrogens with two attached hydrogens (primary N) is 2. The van der Waals surface area contributed by atoms with Gasteiger partial charge in [0.05, 0.1) is 5.52 Å². The van der Waals surface area contributed by atoms with Crippen LogP contribution in [0.2, 0.25) is 0 Å². The van der Waals surface area contributed by atoms with Gasteiger partial charge >= 0.3 is 0 Å². The first-order valence-corrected chi connectivity index (χ1v) is 7.55. The fourth-order valence-electron chi connectivity index (χ4n) is 3.03. The van der Waals surface area contributed by atoms with Crippen molar-refractivity contribution in [2.45, 2.75) is 18.7 Å². The van der Waals surface area contributed by atoms with Crippen molar-refractivity contribution < 1.29 is 10.2 Å². The molecule has 3 atom stereocenters. The zero-order valence-corrected chi connectivity index (χ0v) is 12.4. The highest BCUT2D eigenvalue weighted by atomic mass is 16.3. The van der Waals surface area contributed by atoms with Crippen LogP contribution in [0.3, 0.4) is 0 Å². The van der Waals surface area contributed by atoms with Crippen molar-refractivity contribution in [2.24, 2.45) is 17.4 Å². The fourth-order valence-corrected chi connectivity index (χ4v) is 3.03. The molecule has 6 nitrogen and oxygen atoms in total. The summed E-state index contributed by atoms with van der Waals surface area (Å²) >= 11 is 0. The van der Waals surface area contributed by atoms with E-state index in [4.69, 9.17) is 11.5 Å². The van der Waals surface area contributed by atoms with Gasteiger partial charge < -0.3 is 26.6 Å². The Kier molecular flexibility index (Phi) is 4.26. The van der Waals surface area contributed by atoms with E-state index < -0.39 is 6.23 Å². The van der Waals surface area contributed by atoms with Crippen LogP contribution in [0, 0.1) is 5.92 Å². The lowest BCUT2D eigenvalue weighted by Gasteiger charge is -2.37. The molecule has 2 aromatic rings. The highest BCUT2D eigenvalue weighted by molar-refractivity contribution is 5.82. The summed E-state index contributed by atoms with van der Waals surface area (Å²) in [5.74, 6) is 0.684. The Morgan fingerprint density at radius 2 is 2.14 bits per heavy atom. The van der Waals surface area contributed by atoms with E-state index in [0.29, 0.717) is 17.9 Å². The minimum absolute atomic E-state index is 0.00443. The molecule has 6 heteroatoms. The molecule has 0 saturated carbocycles. The number of aromatic nitrogens is 1. The number of rotatable bonds is 3. The predicted octanol–water partition coefficient (Wildman–Crippen LogP) is 0.330. The van der Waals surface area contributed by atoms with Crippen LogP contribution in [0.5, 0.6) is 0 Å². The lowest BCUT2D eigenvalue weighted by Crippen LogP contribution is -2.49. The van der Waals surface area contributed by atoms with Crippen LogP contribution in [0.1, 0.15) is 18.2 Å². The standard InChI is InChI=1S/C16H22N4O2/c17-13-5-6-20(8-11(13)9-21)16-12(15(18)22)7-10-3-1-2-4-14(10)19-16/h1-4,7,11,13,15,21-22H,5-6,8-9,17-18H2. The maximum Gasteiger partial charge on any atom is 0.136 e. The molecule has 118 valence electrons. The zero-order valence-electron chi connectivity index (χ0n) is 12.4. The first kappa shape index (κ1) is 15.2. The van der Waals surface area contributed by atoms with Crippen molar-refractivity contribution in [3.8, 4) is 0 Å². The summed E-state index contributed by atoms with van der Waals surface area (Å²) in [6.07, 6.45) is -0.310. The summed E-state index contributed by atoms with van der Waals surface area (Å²) < 4.78 is 0. The largest absolute Gasteiger partial charge is 0.396 e. The molecule has 1 aliphatic heterocycles. The molecule has 6 N–H and O–H groups in total. The minimum Gasteiger partial charge on any atom is -0.396 e. The monoisotopic (exact) mass is 302 g/mol. The molecular formula is C16H22N4O2. The number of pyridine rings is 1. The van der Waals surface area contributed by atoms with Crippen molar-refractivity contribution >= 4 is 16.7 Å². The molecule has 1 aromatic carbocycles. The summed E-state index contributed by atoms with van der Waals surface area (Å²) in [6, 6.07) is 9.61. The molecule has 0 aliphatic carbocycles. The van der Waals surface area contributed by atoms with Crippen LogP contribution < -0.4 is 16.4 Å². The fraction of sp³-hybridized carbons (Fsp3) is 0.438. The third-order valence-electron chi connectivity index (χ3n) is 4.38. The lowest BCUT2D eigenvalue weighted by atomic mass is 9.93. The normalized spacial score (nSPS) is 23.7. The Hall–Kier alpha value is -1.73. The highest BCUT2D eigenvalue weighted by Gasteiger charge is 2.28. The molecule has 1 fully saturated rings. The number of aliphatic hydroxyl groups excluding tert-OH is 2. The average Bonchev–Trinajstić information content (AvgIpc) is 2.54. The number of nitrogens with zero attached hydrogens (tertiary/aromatic N) is 2. The van der Waals surface area contributed by atoms with Crippen LogP contribution in [0.4, 0.5) is 5.82 Å². The number of aliphatic hydroxyl groups is 2. The summed E-state index contributed by atoms with van der Waals surface area (Å²) in [7, 11) is 0. The Bertz CT molecular complexity index is 662. The minimum atomic E-state index is -1.09. The number of fused-ring (bicyclic) bond motifs is 1. The summed E-state index contributed by atoms with van der Waals surface area (Å²) in [5.41, 5.74) is 13.2. The van der Waals surface area contributed by atoms with E-state index in [1.807, 2.05) is 30.3 Å². The second-order valence-corrected chi connectivity index (χ2v) is 5.88. The van der Waals surface area contributed by atoms with E-state index >= 15 is 0 Å². The summed E-state index contributed by atoms with van der Waals surface area (Å²) in [5, 5.41) is 20.3. The second kappa shape index (κ2) is 6.18. The van der Waals surface area contributed by atoms with E-state index in [2.05, 4.69) is 9.88 Å². The van der Waals surface area contributed by atoms with Gasteiger partial charge in [-0.2, -0.15) is 0 Å². The third kappa shape index (κ3) is 2.78. The van der Waals surface area contributed by atoms with Crippen molar-refractivity contribution in [1.29, 1.82) is 0 Å². The Morgan fingerprint density at radius 1 is 1.36 bits per heavy atom. The molecule has 0 radical (unpaired) electrons. The number of para-hydroxylation sites is 1. The summed E-state index contributed by atoms with van der Waals surface area (Å²) in [6.45, 7) is 1.40. The van der Waals surface area contributed by atoms with Gasteiger partial charge in [0.15, 0.2) is 0 Å². The van der Waals surface area contributed by atoms with Crippen LogP contribution >= 0.6 is 0 Å². The first-order valence-electron chi connectivity index (χ1n) is 7.55. The van der Waals surface area contributed by atoms with E-state index in [1.165, 1.54) is 0 Å². The molecule has 3 rings (SSSR count). The molecule has 1 aromatic heterocycles. The van der Waals surface area contributed by atoms with Gasteiger partial charge in [0.1, 0.15) is 12.0 Å². The van der Waals surface area contributed by atoms with Gasteiger partial charge in [0.2, 0.25) is 0 Å². The topological polar surface area (TPSA) is 109 Å². The van der Waals surface area contributed by atoms with Gasteiger partial charge in [-0.05, 0) is 18.6 Å². The van der Waals surface area contributed by atoms with Gasteiger partial charge in [0.25, 0.3) is 0 Å². The van der Waals surface area contributed by atoms with Crippen LogP contribution in [-0.2, 0) is 0 Å². The smallest absolute Gasteiger partial charge is 0.136 e. The Morgan fingerprint density at radius 3 is 2.86 bits per heavy atom. The highest BCUT2D eigenvalue weighted by Crippen LogP contribution is 2.29. The van der Waals surface area contributed by atoms with E-state index in [9.17, 15) is 10.2 Å². The van der Waals surface area contributed by atoms with E-state index in [0.717, 1.165) is 23.9 Å². The third-order valence-corrected chi connectivity index (χ3v) is 4.38. The van der Waals surface area contributed by atoms with Gasteiger partial charge in [-0.1, -0.05) is 18.2 Å². The molecule has 0 bridgehead atoms. The van der Waals surface area contributed by atoms with Crippen molar-refractivity contribution in [3.05, 3.63) is 35.9 Å². The van der Waals surface area contributed by atoms with Crippen LogP contribution in [-0.4, -0.2) is 40.9 Å². The number of hydrogen-bond acceptors (Lipinski definition) is 6. The number of piperidine rings is 1. The molecular weight excluding hydrogens is 280 g/mol. The Balaban J connectivity index is 2.03. The predicted molar refractivity (Wildman–Crippen MR) is 86.3 cm³/mol. The van der Waals surface area contributed by atoms with E-state index in [-0.39, 0.29) is 18.6 Å². The number of benzene rings is 1. The molecule has 1 aliphatic rings. The Labute approximate surface area is 129 Å². The number of anilines is 1. The van der Waals surface area contributed by atoms with Crippen LogP contribution in [0.15, 0.2) is 30.3 Å². The number of hydrogen-bond donors (Lipinski definition) is 4. The van der Waals surface area contributed by atoms with Gasteiger partial charge in [0, 0.05) is 42.6 Å². The summed E-state index contributed by atoms with van der Waals surface area (Å²) in [4.78, 5) is 6.73. The van der Waals surface area contributed by atoms with Crippen LogP contribution in [0.25, 0.3) is 10.9 Å². The molecule has 3 unspecified atom stereocenters. The molecule has 0 amide bonds. The van der Waals surface area contributed by atoms with E-state index in [1.54, 1.807) is 0 Å².